The van der Waals surface area contributed by atoms with Crippen molar-refractivity contribution in [2.75, 3.05) is 6.54 Å². The van der Waals surface area contributed by atoms with Crippen LogP contribution in [0.15, 0.2) is 0 Å². The van der Waals surface area contributed by atoms with Crippen LogP contribution in [-0.2, 0) is 0 Å². The third-order valence-electron chi connectivity index (χ3n) is 4.67. The van der Waals surface area contributed by atoms with Gasteiger partial charge in [-0.2, -0.15) is 0 Å². The summed E-state index contributed by atoms with van der Waals surface area (Å²) in [5, 5.41) is 3.72. The lowest BCUT2D eigenvalue weighted by molar-refractivity contribution is 0.158. The second-order valence-corrected chi connectivity index (χ2v) is 6.55. The molecule has 0 heterocycles. The Kier molecular flexibility index (Phi) is 4.29. The zero-order chi connectivity index (χ0) is 11.4. The highest BCUT2D eigenvalue weighted by Gasteiger charge is 2.32. The Bertz CT molecular complexity index is 199. The van der Waals surface area contributed by atoms with E-state index in [1.54, 1.807) is 0 Å². The minimum Gasteiger partial charge on any atom is -0.313 e. The summed E-state index contributed by atoms with van der Waals surface area (Å²) in [5.74, 6) is 1.05. The number of hydrogen-bond acceptors (Lipinski definition) is 1. The first-order valence-electron chi connectivity index (χ1n) is 7.45. The molecule has 0 aromatic carbocycles. The molecule has 0 aromatic heterocycles. The second-order valence-electron chi connectivity index (χ2n) is 6.55. The fraction of sp³-hybridized carbons (Fsp3) is 1.00. The molecule has 2 aliphatic carbocycles. The van der Waals surface area contributed by atoms with Crippen LogP contribution in [0.25, 0.3) is 0 Å². The van der Waals surface area contributed by atoms with Crippen molar-refractivity contribution >= 4 is 0 Å². The van der Waals surface area contributed by atoms with Crippen LogP contribution >= 0.6 is 0 Å². The minimum absolute atomic E-state index is 0.616. The van der Waals surface area contributed by atoms with Gasteiger partial charge in [-0.1, -0.05) is 33.1 Å². The van der Waals surface area contributed by atoms with E-state index in [9.17, 15) is 0 Å². The molecule has 0 unspecified atom stereocenters. The maximum absolute atomic E-state index is 3.72. The summed E-state index contributed by atoms with van der Waals surface area (Å²) in [7, 11) is 0. The van der Waals surface area contributed by atoms with Crippen molar-refractivity contribution in [1.82, 2.24) is 5.32 Å². The summed E-state index contributed by atoms with van der Waals surface area (Å²) >= 11 is 0. The first-order valence-corrected chi connectivity index (χ1v) is 7.45. The highest BCUT2D eigenvalue weighted by Crippen LogP contribution is 2.40. The van der Waals surface area contributed by atoms with Gasteiger partial charge in [0, 0.05) is 12.6 Å². The van der Waals surface area contributed by atoms with Gasteiger partial charge in [0.05, 0.1) is 0 Å². The van der Waals surface area contributed by atoms with Crippen molar-refractivity contribution < 1.29 is 0 Å². The van der Waals surface area contributed by atoms with Gasteiger partial charge in [0.15, 0.2) is 0 Å². The molecule has 0 aliphatic heterocycles. The van der Waals surface area contributed by atoms with Gasteiger partial charge < -0.3 is 5.32 Å². The smallest absolute Gasteiger partial charge is 0.00684 e. The van der Waals surface area contributed by atoms with Crippen molar-refractivity contribution in [3.63, 3.8) is 0 Å². The molecule has 0 radical (unpaired) electrons. The van der Waals surface area contributed by atoms with Gasteiger partial charge in [-0.05, 0) is 49.9 Å². The van der Waals surface area contributed by atoms with Crippen LogP contribution in [0.2, 0.25) is 0 Å². The van der Waals surface area contributed by atoms with E-state index in [-0.39, 0.29) is 0 Å². The molecule has 0 saturated heterocycles. The second kappa shape index (κ2) is 5.53. The lowest BCUT2D eigenvalue weighted by atomic mass is 9.70. The van der Waals surface area contributed by atoms with Gasteiger partial charge in [-0.25, -0.2) is 0 Å². The Labute approximate surface area is 101 Å². The number of nitrogens with one attached hydrogen (secondary N) is 1. The molecule has 0 atom stereocenters. The Hall–Kier alpha value is -0.0400. The summed E-state index contributed by atoms with van der Waals surface area (Å²) in [6.07, 6.45) is 13.1. The highest BCUT2D eigenvalue weighted by molar-refractivity contribution is 4.88. The van der Waals surface area contributed by atoms with E-state index in [4.69, 9.17) is 0 Å². The molecule has 0 spiro atoms. The monoisotopic (exact) mass is 223 g/mol. The van der Waals surface area contributed by atoms with Crippen molar-refractivity contribution in [1.29, 1.82) is 0 Å². The molecule has 2 fully saturated rings. The molecule has 0 amide bonds. The first-order chi connectivity index (χ1) is 7.72. The lowest BCUT2D eigenvalue weighted by Gasteiger charge is -2.37. The van der Waals surface area contributed by atoms with Crippen molar-refractivity contribution in [2.45, 2.75) is 77.7 Å². The van der Waals surface area contributed by atoms with Gasteiger partial charge in [0.1, 0.15) is 0 Å². The van der Waals surface area contributed by atoms with E-state index in [1.807, 2.05) is 0 Å². The SMILES string of the molecule is CCCCC1CCC(C)(CNC2CC2)CC1. The largest absolute Gasteiger partial charge is 0.313 e. The molecule has 2 aliphatic rings. The van der Waals surface area contributed by atoms with Gasteiger partial charge in [-0.15, -0.1) is 0 Å². The Morgan fingerprint density at radius 3 is 2.38 bits per heavy atom. The molecule has 2 saturated carbocycles. The van der Waals surface area contributed by atoms with E-state index < -0.39 is 0 Å². The van der Waals surface area contributed by atoms with Gasteiger partial charge in [-0.3, -0.25) is 0 Å². The molecular weight excluding hydrogens is 194 g/mol. The predicted octanol–water partition coefficient (Wildman–Crippen LogP) is 4.13. The van der Waals surface area contributed by atoms with Gasteiger partial charge >= 0.3 is 0 Å². The third-order valence-corrected chi connectivity index (χ3v) is 4.67. The highest BCUT2D eigenvalue weighted by atomic mass is 15.0. The van der Waals surface area contributed by atoms with Crippen LogP contribution in [-0.4, -0.2) is 12.6 Å². The van der Waals surface area contributed by atoms with E-state index >= 15 is 0 Å². The molecule has 2 rings (SSSR count). The summed E-state index contributed by atoms with van der Waals surface area (Å²) < 4.78 is 0. The molecule has 0 bridgehead atoms. The van der Waals surface area contributed by atoms with E-state index in [0.717, 1.165) is 12.0 Å². The lowest BCUT2D eigenvalue weighted by Crippen LogP contribution is -2.36. The summed E-state index contributed by atoms with van der Waals surface area (Å²) in [6, 6.07) is 0.884. The fourth-order valence-corrected chi connectivity index (χ4v) is 3.01. The third kappa shape index (κ3) is 3.76. The molecule has 1 nitrogen and oxygen atoms in total. The number of hydrogen-bond donors (Lipinski definition) is 1. The predicted molar refractivity (Wildman–Crippen MR) is 70.6 cm³/mol. The molecule has 94 valence electrons. The van der Waals surface area contributed by atoms with Crippen molar-refractivity contribution in [3.05, 3.63) is 0 Å². The first kappa shape index (κ1) is 12.4. The standard InChI is InChI=1S/C15H29N/c1-3-4-5-13-8-10-15(2,11-9-13)12-16-14-6-7-14/h13-14,16H,3-12H2,1-2H3. The van der Waals surface area contributed by atoms with Crippen LogP contribution in [0, 0.1) is 11.3 Å². The van der Waals surface area contributed by atoms with Crippen LogP contribution in [0.1, 0.15) is 71.6 Å². The summed E-state index contributed by atoms with van der Waals surface area (Å²) in [5.41, 5.74) is 0.616. The van der Waals surface area contributed by atoms with Crippen molar-refractivity contribution in [3.8, 4) is 0 Å². The number of unbranched alkanes of at least 4 members (excludes halogenated alkanes) is 1. The molecule has 1 N–H and O–H groups in total. The topological polar surface area (TPSA) is 12.0 Å². The maximum Gasteiger partial charge on any atom is 0.00684 e. The number of rotatable bonds is 6. The fourth-order valence-electron chi connectivity index (χ4n) is 3.01. The average molecular weight is 223 g/mol. The molecule has 1 heteroatoms. The molecule has 16 heavy (non-hydrogen) atoms. The summed E-state index contributed by atoms with van der Waals surface area (Å²) in [4.78, 5) is 0. The maximum atomic E-state index is 3.72. The Balaban J connectivity index is 1.65. The quantitative estimate of drug-likeness (QED) is 0.714. The van der Waals surface area contributed by atoms with Crippen LogP contribution in [0.3, 0.4) is 0 Å². The van der Waals surface area contributed by atoms with E-state index in [2.05, 4.69) is 19.2 Å². The van der Waals surface area contributed by atoms with E-state index in [1.165, 1.54) is 64.3 Å². The Morgan fingerprint density at radius 2 is 1.81 bits per heavy atom. The normalized spacial score (nSPS) is 35.2. The Morgan fingerprint density at radius 1 is 1.12 bits per heavy atom. The van der Waals surface area contributed by atoms with Gasteiger partial charge in [0.25, 0.3) is 0 Å². The van der Waals surface area contributed by atoms with Crippen LogP contribution < -0.4 is 5.32 Å². The van der Waals surface area contributed by atoms with Gasteiger partial charge in [0.2, 0.25) is 0 Å². The zero-order valence-corrected chi connectivity index (χ0v) is 11.2. The van der Waals surface area contributed by atoms with E-state index in [0.29, 0.717) is 5.41 Å². The molecular formula is C15H29N. The minimum atomic E-state index is 0.616. The van der Waals surface area contributed by atoms with Crippen LogP contribution in [0.4, 0.5) is 0 Å². The summed E-state index contributed by atoms with van der Waals surface area (Å²) in [6.45, 7) is 6.09. The van der Waals surface area contributed by atoms with Crippen molar-refractivity contribution in [2.24, 2.45) is 11.3 Å². The average Bonchev–Trinajstić information content (AvgIpc) is 3.10. The zero-order valence-electron chi connectivity index (χ0n) is 11.2. The van der Waals surface area contributed by atoms with Crippen LogP contribution in [0.5, 0.6) is 0 Å². The molecule has 0 aromatic rings.